The molecule has 0 aliphatic heterocycles. The van der Waals surface area contributed by atoms with Gasteiger partial charge in [-0.2, -0.15) is 0 Å². The zero-order valence-electron chi connectivity index (χ0n) is 8.38. The average Bonchev–Trinajstić information content (AvgIpc) is 2.04. The lowest BCUT2D eigenvalue weighted by atomic mass is 10.3. The van der Waals surface area contributed by atoms with Crippen LogP contribution in [0.4, 0.5) is 4.79 Å². The Balaban J connectivity index is 3.20. The summed E-state index contributed by atoms with van der Waals surface area (Å²) in [5.74, 6) is 0. The maximum Gasteiger partial charge on any atom is 0.407 e. The number of nitrogens with one attached hydrogen (secondary N) is 1. The summed E-state index contributed by atoms with van der Waals surface area (Å²) in [4.78, 5) is 10.9. The van der Waals surface area contributed by atoms with E-state index in [-0.39, 0.29) is 6.10 Å². The van der Waals surface area contributed by atoms with E-state index in [9.17, 15) is 4.79 Å². The molecule has 0 radical (unpaired) electrons. The fraction of sp³-hybridized carbons (Fsp3) is 0.889. The highest BCUT2D eigenvalue weighted by atomic mass is 16.5. The number of alkyl carbamates (subject to hydrolysis) is 1. The number of carbonyl (C=O) groups is 1. The third kappa shape index (κ3) is 9.14. The van der Waals surface area contributed by atoms with Crippen molar-refractivity contribution in [3.05, 3.63) is 0 Å². The minimum Gasteiger partial charge on any atom is -0.450 e. The van der Waals surface area contributed by atoms with Crippen LogP contribution in [-0.4, -0.2) is 30.5 Å². The zero-order valence-corrected chi connectivity index (χ0v) is 8.38. The second-order valence-corrected chi connectivity index (χ2v) is 3.05. The number of hydrogen-bond donors (Lipinski definition) is 2. The van der Waals surface area contributed by atoms with E-state index in [1.54, 1.807) is 6.92 Å². The van der Waals surface area contributed by atoms with E-state index in [1.807, 2.05) is 6.92 Å². The molecule has 0 aliphatic rings. The first-order chi connectivity index (χ1) is 6.16. The molecule has 0 aromatic carbocycles. The Morgan fingerprint density at radius 1 is 1.62 bits per heavy atom. The number of unbranched alkanes of at least 4 members (excludes halogenated alkanes) is 1. The summed E-state index contributed by atoms with van der Waals surface area (Å²) in [6.07, 6.45) is 1.69. The number of hydrogen-bond acceptors (Lipinski definition) is 3. The Labute approximate surface area is 79.3 Å². The van der Waals surface area contributed by atoms with Crippen molar-refractivity contribution in [1.82, 2.24) is 5.32 Å². The van der Waals surface area contributed by atoms with Gasteiger partial charge in [-0.1, -0.05) is 13.3 Å². The van der Waals surface area contributed by atoms with Gasteiger partial charge in [-0.05, 0) is 19.8 Å². The molecular weight excluding hydrogens is 170 g/mol. The number of aliphatic hydroxyl groups is 1. The minimum absolute atomic E-state index is 0.379. The molecular formula is C9H19NO3. The molecule has 1 atom stereocenters. The second-order valence-electron chi connectivity index (χ2n) is 3.05. The van der Waals surface area contributed by atoms with Crippen LogP contribution in [0.5, 0.6) is 0 Å². The molecule has 0 aromatic heterocycles. The van der Waals surface area contributed by atoms with Crippen molar-refractivity contribution in [3.8, 4) is 0 Å². The van der Waals surface area contributed by atoms with Crippen LogP contribution in [0.25, 0.3) is 0 Å². The Morgan fingerprint density at radius 3 is 2.85 bits per heavy atom. The summed E-state index contributed by atoms with van der Waals surface area (Å²) in [6.45, 7) is 4.65. The first-order valence-corrected chi connectivity index (χ1v) is 4.75. The third-order valence-electron chi connectivity index (χ3n) is 1.56. The molecule has 0 aliphatic carbocycles. The van der Waals surface area contributed by atoms with Crippen molar-refractivity contribution < 1.29 is 14.6 Å². The second kappa shape index (κ2) is 7.86. The highest BCUT2D eigenvalue weighted by molar-refractivity contribution is 5.66. The predicted molar refractivity (Wildman–Crippen MR) is 50.6 cm³/mol. The molecule has 0 aromatic rings. The van der Waals surface area contributed by atoms with E-state index >= 15 is 0 Å². The monoisotopic (exact) mass is 189 g/mol. The molecule has 4 heteroatoms. The van der Waals surface area contributed by atoms with Gasteiger partial charge in [0.2, 0.25) is 0 Å². The maximum atomic E-state index is 10.9. The van der Waals surface area contributed by atoms with Crippen LogP contribution in [-0.2, 0) is 4.74 Å². The largest absolute Gasteiger partial charge is 0.450 e. The summed E-state index contributed by atoms with van der Waals surface area (Å²) in [5, 5.41) is 11.4. The van der Waals surface area contributed by atoms with Gasteiger partial charge in [-0.3, -0.25) is 0 Å². The Morgan fingerprint density at radius 2 is 2.31 bits per heavy atom. The summed E-state index contributed by atoms with van der Waals surface area (Å²) in [5.41, 5.74) is 0. The quantitative estimate of drug-likeness (QED) is 0.619. The van der Waals surface area contributed by atoms with Gasteiger partial charge in [0.25, 0.3) is 0 Å². The van der Waals surface area contributed by atoms with E-state index in [4.69, 9.17) is 9.84 Å². The SMILES string of the molecule is CCCCOC(=O)NCCC(C)O. The van der Waals surface area contributed by atoms with E-state index < -0.39 is 6.09 Å². The van der Waals surface area contributed by atoms with Crippen molar-refractivity contribution in [2.75, 3.05) is 13.2 Å². The van der Waals surface area contributed by atoms with E-state index in [0.29, 0.717) is 19.6 Å². The minimum atomic E-state index is -0.394. The summed E-state index contributed by atoms with van der Waals surface area (Å²) in [6, 6.07) is 0. The van der Waals surface area contributed by atoms with Crippen LogP contribution in [0, 0.1) is 0 Å². The molecule has 0 spiro atoms. The smallest absolute Gasteiger partial charge is 0.407 e. The van der Waals surface area contributed by atoms with Gasteiger partial charge in [0.1, 0.15) is 0 Å². The van der Waals surface area contributed by atoms with Crippen LogP contribution in [0.3, 0.4) is 0 Å². The molecule has 2 N–H and O–H groups in total. The fourth-order valence-electron chi connectivity index (χ4n) is 0.743. The van der Waals surface area contributed by atoms with Crippen LogP contribution < -0.4 is 5.32 Å². The van der Waals surface area contributed by atoms with Gasteiger partial charge in [0.15, 0.2) is 0 Å². The molecule has 0 bridgehead atoms. The predicted octanol–water partition coefficient (Wildman–Crippen LogP) is 1.28. The van der Waals surface area contributed by atoms with Crippen molar-refractivity contribution >= 4 is 6.09 Å². The summed E-state index contributed by atoms with van der Waals surface area (Å²) in [7, 11) is 0. The van der Waals surface area contributed by atoms with Gasteiger partial charge in [-0.25, -0.2) is 4.79 Å². The summed E-state index contributed by atoms with van der Waals surface area (Å²) >= 11 is 0. The molecule has 1 unspecified atom stereocenters. The lowest BCUT2D eigenvalue weighted by molar-refractivity contribution is 0.140. The van der Waals surface area contributed by atoms with E-state index in [2.05, 4.69) is 5.32 Å². The maximum absolute atomic E-state index is 10.9. The van der Waals surface area contributed by atoms with Gasteiger partial charge in [0, 0.05) is 6.54 Å². The van der Waals surface area contributed by atoms with Crippen molar-refractivity contribution in [2.24, 2.45) is 0 Å². The van der Waals surface area contributed by atoms with Crippen molar-refractivity contribution in [2.45, 2.75) is 39.2 Å². The molecule has 0 rings (SSSR count). The van der Waals surface area contributed by atoms with Crippen molar-refractivity contribution in [1.29, 1.82) is 0 Å². The number of ether oxygens (including phenoxy) is 1. The lowest BCUT2D eigenvalue weighted by Crippen LogP contribution is -2.27. The molecule has 0 fully saturated rings. The van der Waals surface area contributed by atoms with Gasteiger partial charge in [0.05, 0.1) is 12.7 Å². The molecule has 4 nitrogen and oxygen atoms in total. The number of rotatable bonds is 6. The standard InChI is InChI=1S/C9H19NO3/c1-3-4-7-13-9(12)10-6-5-8(2)11/h8,11H,3-7H2,1-2H3,(H,10,12). The van der Waals surface area contributed by atoms with E-state index in [1.165, 1.54) is 0 Å². The topological polar surface area (TPSA) is 58.6 Å². The Kier molecular flexibility index (Phi) is 7.39. The third-order valence-corrected chi connectivity index (χ3v) is 1.56. The first-order valence-electron chi connectivity index (χ1n) is 4.75. The first kappa shape index (κ1) is 12.2. The molecule has 0 saturated heterocycles. The Bertz CT molecular complexity index is 137. The van der Waals surface area contributed by atoms with Crippen LogP contribution in [0.15, 0.2) is 0 Å². The fourth-order valence-corrected chi connectivity index (χ4v) is 0.743. The molecule has 1 amide bonds. The number of carbonyl (C=O) groups excluding carboxylic acids is 1. The van der Waals surface area contributed by atoms with Gasteiger partial charge < -0.3 is 15.2 Å². The normalized spacial score (nSPS) is 12.2. The highest BCUT2D eigenvalue weighted by Crippen LogP contribution is 1.90. The molecule has 13 heavy (non-hydrogen) atoms. The lowest BCUT2D eigenvalue weighted by Gasteiger charge is -2.07. The van der Waals surface area contributed by atoms with Crippen LogP contribution >= 0.6 is 0 Å². The Hall–Kier alpha value is -0.770. The average molecular weight is 189 g/mol. The van der Waals surface area contributed by atoms with Crippen molar-refractivity contribution in [3.63, 3.8) is 0 Å². The molecule has 0 saturated carbocycles. The molecule has 0 heterocycles. The number of amides is 1. The van der Waals surface area contributed by atoms with E-state index in [0.717, 1.165) is 12.8 Å². The zero-order chi connectivity index (χ0) is 10.1. The molecule has 78 valence electrons. The number of aliphatic hydroxyl groups excluding tert-OH is 1. The summed E-state index contributed by atoms with van der Waals surface area (Å²) < 4.78 is 4.83. The van der Waals surface area contributed by atoms with Gasteiger partial charge >= 0.3 is 6.09 Å². The highest BCUT2D eigenvalue weighted by Gasteiger charge is 2.01. The van der Waals surface area contributed by atoms with Crippen LogP contribution in [0.1, 0.15) is 33.1 Å². The van der Waals surface area contributed by atoms with Gasteiger partial charge in [-0.15, -0.1) is 0 Å². The van der Waals surface area contributed by atoms with Crippen LogP contribution in [0.2, 0.25) is 0 Å².